The highest BCUT2D eigenvalue weighted by molar-refractivity contribution is 7.90. The van der Waals surface area contributed by atoms with Gasteiger partial charge >= 0.3 is 0 Å². The third-order valence-electron chi connectivity index (χ3n) is 3.14. The van der Waals surface area contributed by atoms with Crippen LogP contribution in [0.2, 0.25) is 0 Å². The van der Waals surface area contributed by atoms with Gasteiger partial charge in [0, 0.05) is 6.26 Å². The molecule has 108 valence electrons. The molecule has 3 aromatic rings. The summed E-state index contributed by atoms with van der Waals surface area (Å²) in [5.41, 5.74) is 0.946. The van der Waals surface area contributed by atoms with Crippen molar-refractivity contribution in [2.45, 2.75) is 12.1 Å². The Kier molecular flexibility index (Phi) is 2.91. The summed E-state index contributed by atoms with van der Waals surface area (Å²) in [6.07, 6.45) is 2.36. The summed E-state index contributed by atoms with van der Waals surface area (Å²) in [4.78, 5) is 16.6. The van der Waals surface area contributed by atoms with Crippen LogP contribution in [0.1, 0.15) is 5.56 Å². The van der Waals surface area contributed by atoms with Crippen LogP contribution in [0.15, 0.2) is 40.4 Å². The van der Waals surface area contributed by atoms with Gasteiger partial charge in [-0.15, -0.1) is 0 Å². The van der Waals surface area contributed by atoms with Crippen molar-refractivity contribution in [2.75, 3.05) is 6.26 Å². The minimum absolute atomic E-state index is 0.158. The molecule has 0 fully saturated rings. The second kappa shape index (κ2) is 4.52. The van der Waals surface area contributed by atoms with Crippen LogP contribution in [0.4, 0.5) is 0 Å². The second-order valence-corrected chi connectivity index (χ2v) is 6.64. The molecule has 1 N–H and O–H groups in total. The Bertz CT molecular complexity index is 1000. The lowest BCUT2D eigenvalue weighted by molar-refractivity contribution is 0.586. The number of sulfone groups is 1. The van der Waals surface area contributed by atoms with E-state index in [0.717, 1.165) is 16.4 Å². The molecular formula is C13H12N4O3S. The fraction of sp³-hybridized carbons (Fsp3) is 0.154. The zero-order valence-electron chi connectivity index (χ0n) is 11.4. The van der Waals surface area contributed by atoms with Gasteiger partial charge in [-0.25, -0.2) is 8.42 Å². The Labute approximate surface area is 120 Å². The van der Waals surface area contributed by atoms with Gasteiger partial charge in [-0.05, 0) is 18.6 Å². The number of rotatable bonds is 2. The number of para-hydroxylation sites is 1. The van der Waals surface area contributed by atoms with E-state index >= 15 is 0 Å². The van der Waals surface area contributed by atoms with Crippen LogP contribution in [-0.2, 0) is 9.84 Å². The fourth-order valence-electron chi connectivity index (χ4n) is 2.15. The molecule has 0 spiro atoms. The van der Waals surface area contributed by atoms with E-state index in [9.17, 15) is 13.2 Å². The maximum atomic E-state index is 12.6. The van der Waals surface area contributed by atoms with Crippen LogP contribution >= 0.6 is 0 Å². The van der Waals surface area contributed by atoms with E-state index in [1.807, 2.05) is 6.07 Å². The molecule has 0 saturated heterocycles. The standard InChI is InChI=1S/C13H12N4O3S/c1-8-5-3-4-6-10(8)17-12(18)9-7-14-16-11(9)15-13(17)21(2,19)20/h3-7H,1-2H3,(H,14,16). The molecule has 0 aliphatic rings. The highest BCUT2D eigenvalue weighted by Gasteiger charge is 2.21. The largest absolute Gasteiger partial charge is 0.270 e. The first-order valence-corrected chi connectivity index (χ1v) is 8.01. The van der Waals surface area contributed by atoms with Crippen molar-refractivity contribution in [1.29, 1.82) is 0 Å². The number of benzene rings is 1. The quantitative estimate of drug-likeness (QED) is 0.707. The first-order chi connectivity index (χ1) is 9.89. The number of aromatic nitrogens is 4. The van der Waals surface area contributed by atoms with E-state index < -0.39 is 15.4 Å². The molecule has 7 nitrogen and oxygen atoms in total. The van der Waals surface area contributed by atoms with Crippen molar-refractivity contribution in [3.63, 3.8) is 0 Å². The smallest absolute Gasteiger partial charge is 0.268 e. The van der Waals surface area contributed by atoms with Crippen LogP contribution < -0.4 is 5.56 Å². The topological polar surface area (TPSA) is 97.7 Å². The van der Waals surface area contributed by atoms with Crippen LogP contribution in [0, 0.1) is 6.92 Å². The summed E-state index contributed by atoms with van der Waals surface area (Å²) >= 11 is 0. The van der Waals surface area contributed by atoms with E-state index in [0.29, 0.717) is 5.69 Å². The molecule has 0 amide bonds. The lowest BCUT2D eigenvalue weighted by atomic mass is 10.2. The van der Waals surface area contributed by atoms with Gasteiger partial charge < -0.3 is 0 Å². The minimum Gasteiger partial charge on any atom is -0.268 e. The van der Waals surface area contributed by atoms with Gasteiger partial charge in [0.25, 0.3) is 5.56 Å². The maximum Gasteiger partial charge on any atom is 0.270 e. The average Bonchev–Trinajstić information content (AvgIpc) is 2.87. The Hall–Kier alpha value is -2.48. The minimum atomic E-state index is -3.69. The Morgan fingerprint density at radius 1 is 1.24 bits per heavy atom. The molecule has 1 aromatic carbocycles. The van der Waals surface area contributed by atoms with Gasteiger partial charge in [-0.1, -0.05) is 18.2 Å². The molecule has 0 saturated carbocycles. The normalized spacial score (nSPS) is 11.9. The van der Waals surface area contributed by atoms with Crippen molar-refractivity contribution in [3.8, 4) is 5.69 Å². The SMILES string of the molecule is Cc1ccccc1-n1c(S(C)(=O)=O)nc2[nH]ncc2c1=O. The molecule has 0 unspecified atom stereocenters. The van der Waals surface area contributed by atoms with E-state index in [4.69, 9.17) is 0 Å². The zero-order chi connectivity index (χ0) is 15.2. The second-order valence-electron chi connectivity index (χ2n) is 4.73. The first-order valence-electron chi connectivity index (χ1n) is 6.12. The molecule has 21 heavy (non-hydrogen) atoms. The molecule has 2 heterocycles. The van der Waals surface area contributed by atoms with Crippen LogP contribution in [0.3, 0.4) is 0 Å². The maximum absolute atomic E-state index is 12.6. The number of H-pyrrole nitrogens is 1. The van der Waals surface area contributed by atoms with E-state index in [2.05, 4.69) is 15.2 Å². The van der Waals surface area contributed by atoms with Crippen molar-refractivity contribution < 1.29 is 8.42 Å². The highest BCUT2D eigenvalue weighted by atomic mass is 32.2. The summed E-state index contributed by atoms with van der Waals surface area (Å²) < 4.78 is 25.1. The van der Waals surface area contributed by atoms with Crippen molar-refractivity contribution in [3.05, 3.63) is 46.4 Å². The Morgan fingerprint density at radius 2 is 1.95 bits per heavy atom. The summed E-state index contributed by atoms with van der Waals surface area (Å²) in [7, 11) is -3.69. The van der Waals surface area contributed by atoms with Crippen molar-refractivity contribution in [1.82, 2.24) is 19.7 Å². The molecular weight excluding hydrogens is 292 g/mol. The van der Waals surface area contributed by atoms with Crippen LogP contribution in [0.25, 0.3) is 16.7 Å². The number of hydrogen-bond donors (Lipinski definition) is 1. The number of fused-ring (bicyclic) bond motifs is 1. The Balaban J connectivity index is 2.54. The number of nitrogens with one attached hydrogen (secondary N) is 1. The molecule has 0 aliphatic carbocycles. The van der Waals surface area contributed by atoms with E-state index in [1.165, 1.54) is 6.20 Å². The molecule has 0 aliphatic heterocycles. The molecule has 0 bridgehead atoms. The number of hydrogen-bond acceptors (Lipinski definition) is 5. The van der Waals surface area contributed by atoms with Gasteiger partial charge in [-0.3, -0.25) is 14.5 Å². The van der Waals surface area contributed by atoms with Gasteiger partial charge in [0.15, 0.2) is 5.65 Å². The molecule has 0 radical (unpaired) electrons. The summed E-state index contributed by atoms with van der Waals surface area (Å²) in [5, 5.41) is 6.21. The molecule has 8 heteroatoms. The van der Waals surface area contributed by atoms with E-state index in [-0.39, 0.29) is 16.2 Å². The van der Waals surface area contributed by atoms with E-state index in [1.54, 1.807) is 25.1 Å². The lowest BCUT2D eigenvalue weighted by Gasteiger charge is -2.12. The number of aryl methyl sites for hydroxylation is 1. The van der Waals surface area contributed by atoms with Gasteiger partial charge in [0.05, 0.1) is 11.9 Å². The summed E-state index contributed by atoms with van der Waals surface area (Å²) in [6, 6.07) is 7.03. The number of aromatic amines is 1. The molecule has 3 rings (SSSR count). The fourth-order valence-corrected chi connectivity index (χ4v) is 2.92. The number of nitrogens with zero attached hydrogens (tertiary/aromatic N) is 3. The predicted molar refractivity (Wildman–Crippen MR) is 77.3 cm³/mol. The lowest BCUT2D eigenvalue weighted by Crippen LogP contribution is -2.26. The monoisotopic (exact) mass is 304 g/mol. The summed E-state index contributed by atoms with van der Waals surface area (Å²) in [5.74, 6) is 0. The van der Waals surface area contributed by atoms with Gasteiger partial charge in [0.1, 0.15) is 5.39 Å². The molecule has 2 aromatic heterocycles. The summed E-state index contributed by atoms with van der Waals surface area (Å²) in [6.45, 7) is 1.80. The first kappa shape index (κ1) is 13.5. The zero-order valence-corrected chi connectivity index (χ0v) is 12.2. The van der Waals surface area contributed by atoms with Crippen molar-refractivity contribution in [2.24, 2.45) is 0 Å². The average molecular weight is 304 g/mol. The molecule has 0 atom stereocenters. The third kappa shape index (κ3) is 2.13. The van der Waals surface area contributed by atoms with Gasteiger partial charge in [0.2, 0.25) is 15.0 Å². The highest BCUT2D eigenvalue weighted by Crippen LogP contribution is 2.17. The Morgan fingerprint density at radius 3 is 2.62 bits per heavy atom. The van der Waals surface area contributed by atoms with Crippen LogP contribution in [-0.4, -0.2) is 34.4 Å². The predicted octanol–water partition coefficient (Wildman–Crippen LogP) is 0.821. The van der Waals surface area contributed by atoms with Gasteiger partial charge in [-0.2, -0.15) is 10.1 Å². The van der Waals surface area contributed by atoms with Crippen LogP contribution in [0.5, 0.6) is 0 Å². The van der Waals surface area contributed by atoms with Crippen molar-refractivity contribution >= 4 is 20.9 Å². The third-order valence-corrected chi connectivity index (χ3v) is 4.08.